The lowest BCUT2D eigenvalue weighted by atomic mass is 10.2. The number of imidazole rings is 1. The number of aliphatic hydroxyl groups is 1. The van der Waals surface area contributed by atoms with Gasteiger partial charge in [0.1, 0.15) is 0 Å². The number of unbranched alkanes of at least 4 members (excludes halogenated alkanes) is 1. The maximum Gasteiger partial charge on any atom is 0.332 e. The summed E-state index contributed by atoms with van der Waals surface area (Å²) in [6.45, 7) is 2.24. The van der Waals surface area contributed by atoms with Gasteiger partial charge in [0.25, 0.3) is 5.56 Å². The van der Waals surface area contributed by atoms with Crippen molar-refractivity contribution in [3.8, 4) is 0 Å². The second-order valence-electron chi connectivity index (χ2n) is 7.06. The molecule has 30 heavy (non-hydrogen) atoms. The Kier molecular flexibility index (Phi) is 7.27. The van der Waals surface area contributed by atoms with Gasteiger partial charge in [-0.1, -0.05) is 37.1 Å². The van der Waals surface area contributed by atoms with Crippen molar-refractivity contribution in [1.29, 1.82) is 0 Å². The number of halogens is 1. The van der Waals surface area contributed by atoms with Crippen LogP contribution in [0.2, 0.25) is 5.02 Å². The normalized spacial score (nSPS) is 12.5. The molecule has 1 atom stereocenters. The fraction of sp³-hybridized carbons (Fsp3) is 0.450. The van der Waals surface area contributed by atoms with Gasteiger partial charge in [-0.2, -0.15) is 0 Å². The van der Waals surface area contributed by atoms with E-state index in [0.717, 1.165) is 23.0 Å². The van der Waals surface area contributed by atoms with Crippen LogP contribution in [0.15, 0.2) is 39.0 Å². The molecular weight excluding hydrogens is 428 g/mol. The molecule has 2 aromatic heterocycles. The molecule has 3 rings (SSSR count). The molecule has 0 unspecified atom stereocenters. The molecule has 8 nitrogen and oxygen atoms in total. The second kappa shape index (κ2) is 9.72. The molecule has 0 spiro atoms. The summed E-state index contributed by atoms with van der Waals surface area (Å²) in [5.74, 6) is 0.424. The van der Waals surface area contributed by atoms with Gasteiger partial charge in [-0.15, -0.1) is 0 Å². The highest BCUT2D eigenvalue weighted by molar-refractivity contribution is 7.84. The molecule has 1 N–H and O–H groups in total. The van der Waals surface area contributed by atoms with Crippen LogP contribution < -0.4 is 11.2 Å². The predicted molar refractivity (Wildman–Crippen MR) is 118 cm³/mol. The van der Waals surface area contributed by atoms with E-state index in [0.29, 0.717) is 10.8 Å². The molecule has 0 aliphatic heterocycles. The van der Waals surface area contributed by atoms with Crippen LogP contribution in [0, 0.1) is 0 Å². The lowest BCUT2D eigenvalue weighted by Gasteiger charge is -2.11. The minimum atomic E-state index is -1.42. The standard InChI is InChI=1S/C20H25ClN4O4S/c1-3-4-12-30(29)19-22-17-16(25(19)13-14-6-8-15(21)9-7-14)18(27)24(10-5-11-26)20(28)23(17)2/h6-9,26H,3-5,10-13H2,1-2H3/t30-/m1/s1. The highest BCUT2D eigenvalue weighted by Gasteiger charge is 2.23. The third kappa shape index (κ3) is 4.43. The van der Waals surface area contributed by atoms with Crippen molar-refractivity contribution >= 4 is 33.6 Å². The van der Waals surface area contributed by atoms with E-state index in [-0.39, 0.29) is 42.4 Å². The van der Waals surface area contributed by atoms with Crippen LogP contribution in [0.4, 0.5) is 0 Å². The van der Waals surface area contributed by atoms with E-state index in [1.807, 2.05) is 19.1 Å². The van der Waals surface area contributed by atoms with Crippen molar-refractivity contribution in [3.63, 3.8) is 0 Å². The van der Waals surface area contributed by atoms with Gasteiger partial charge in [-0.3, -0.25) is 18.1 Å². The van der Waals surface area contributed by atoms with E-state index in [1.54, 1.807) is 16.7 Å². The second-order valence-corrected chi connectivity index (χ2v) is 8.96. The molecule has 0 aliphatic carbocycles. The Bertz CT molecular complexity index is 1180. The highest BCUT2D eigenvalue weighted by Crippen LogP contribution is 2.19. The van der Waals surface area contributed by atoms with Crippen LogP contribution in [-0.2, 0) is 30.9 Å². The predicted octanol–water partition coefficient (Wildman–Crippen LogP) is 1.89. The zero-order valence-corrected chi connectivity index (χ0v) is 18.6. The van der Waals surface area contributed by atoms with Gasteiger partial charge in [0.05, 0.1) is 17.3 Å². The van der Waals surface area contributed by atoms with E-state index in [4.69, 9.17) is 16.7 Å². The van der Waals surface area contributed by atoms with E-state index in [9.17, 15) is 13.8 Å². The molecule has 0 bridgehead atoms. The first-order chi connectivity index (χ1) is 14.4. The average Bonchev–Trinajstić information content (AvgIpc) is 3.11. The molecule has 0 aliphatic rings. The minimum absolute atomic E-state index is 0.0956. The Morgan fingerprint density at radius 2 is 1.83 bits per heavy atom. The Balaban J connectivity index is 2.25. The quantitative estimate of drug-likeness (QED) is 0.534. The molecule has 1 aromatic carbocycles. The summed E-state index contributed by atoms with van der Waals surface area (Å²) in [5, 5.41) is 10.0. The van der Waals surface area contributed by atoms with Gasteiger partial charge in [-0.25, -0.2) is 9.78 Å². The maximum absolute atomic E-state index is 13.2. The molecule has 0 amide bonds. The number of fused-ring (bicyclic) bond motifs is 1. The zero-order valence-electron chi connectivity index (χ0n) is 17.0. The summed E-state index contributed by atoms with van der Waals surface area (Å²) < 4.78 is 17.0. The van der Waals surface area contributed by atoms with Gasteiger partial charge in [-0.05, 0) is 30.5 Å². The van der Waals surface area contributed by atoms with Crippen LogP contribution in [-0.4, -0.2) is 40.4 Å². The van der Waals surface area contributed by atoms with Crippen molar-refractivity contribution in [2.24, 2.45) is 7.05 Å². The average molecular weight is 453 g/mol. The van der Waals surface area contributed by atoms with Crippen molar-refractivity contribution < 1.29 is 9.32 Å². The van der Waals surface area contributed by atoms with Crippen LogP contribution in [0.25, 0.3) is 11.2 Å². The summed E-state index contributed by atoms with van der Waals surface area (Å²) in [7, 11) is 0.121. The summed E-state index contributed by atoms with van der Waals surface area (Å²) in [5.41, 5.74) is 0.288. The Morgan fingerprint density at radius 1 is 1.13 bits per heavy atom. The van der Waals surface area contributed by atoms with Gasteiger partial charge in [0.15, 0.2) is 11.2 Å². The van der Waals surface area contributed by atoms with Gasteiger partial charge < -0.3 is 9.67 Å². The van der Waals surface area contributed by atoms with E-state index < -0.39 is 22.0 Å². The van der Waals surface area contributed by atoms with E-state index in [1.165, 1.54) is 11.6 Å². The van der Waals surface area contributed by atoms with Gasteiger partial charge in [0, 0.05) is 31.0 Å². The number of rotatable bonds is 9. The molecule has 0 saturated carbocycles. The van der Waals surface area contributed by atoms with Crippen molar-refractivity contribution in [2.45, 2.75) is 44.4 Å². The van der Waals surface area contributed by atoms with Crippen molar-refractivity contribution in [2.75, 3.05) is 12.4 Å². The van der Waals surface area contributed by atoms with E-state index in [2.05, 4.69) is 4.98 Å². The van der Waals surface area contributed by atoms with Crippen molar-refractivity contribution in [1.82, 2.24) is 18.7 Å². The summed E-state index contributed by atoms with van der Waals surface area (Å²) in [6, 6.07) is 7.16. The van der Waals surface area contributed by atoms with Crippen LogP contribution in [0.1, 0.15) is 31.7 Å². The molecule has 0 saturated heterocycles. The Labute approximate surface area is 181 Å². The number of aromatic nitrogens is 4. The van der Waals surface area contributed by atoms with Crippen LogP contribution in [0.3, 0.4) is 0 Å². The maximum atomic E-state index is 13.2. The third-order valence-corrected chi connectivity index (χ3v) is 6.51. The van der Waals surface area contributed by atoms with Crippen LogP contribution in [0.5, 0.6) is 0 Å². The number of nitrogens with zero attached hydrogens (tertiary/aromatic N) is 4. The smallest absolute Gasteiger partial charge is 0.332 e. The number of aryl methyl sites for hydroxylation is 1. The first-order valence-electron chi connectivity index (χ1n) is 9.82. The fourth-order valence-electron chi connectivity index (χ4n) is 3.24. The topological polar surface area (TPSA) is 99.1 Å². The SMILES string of the molecule is CCCC[S@@](=O)c1nc2c(c(=O)n(CCCO)c(=O)n2C)n1Cc1ccc(Cl)cc1. The van der Waals surface area contributed by atoms with E-state index >= 15 is 0 Å². The summed E-state index contributed by atoms with van der Waals surface area (Å²) >= 11 is 5.98. The molecule has 2 heterocycles. The first kappa shape index (κ1) is 22.5. The molecule has 0 radical (unpaired) electrons. The highest BCUT2D eigenvalue weighted by atomic mass is 35.5. The number of hydrogen-bond donors (Lipinski definition) is 1. The fourth-order valence-corrected chi connectivity index (χ4v) is 4.69. The summed E-state index contributed by atoms with van der Waals surface area (Å²) in [6.07, 6.45) is 1.92. The largest absolute Gasteiger partial charge is 0.396 e. The minimum Gasteiger partial charge on any atom is -0.396 e. The molecule has 0 fully saturated rings. The lowest BCUT2D eigenvalue weighted by molar-refractivity contribution is 0.277. The molecule has 162 valence electrons. The first-order valence-corrected chi connectivity index (χ1v) is 11.5. The molecular formula is C20H25ClN4O4S. The molecule has 10 heteroatoms. The van der Waals surface area contributed by atoms with Crippen molar-refractivity contribution in [3.05, 3.63) is 55.7 Å². The van der Waals surface area contributed by atoms with Gasteiger partial charge >= 0.3 is 5.69 Å². The van der Waals surface area contributed by atoms with Crippen LogP contribution >= 0.6 is 11.6 Å². The number of benzene rings is 1. The Hall–Kier alpha value is -2.23. The summed E-state index contributed by atoms with van der Waals surface area (Å²) in [4.78, 5) is 30.3. The number of hydrogen-bond acceptors (Lipinski definition) is 5. The number of aliphatic hydroxyl groups excluding tert-OH is 1. The van der Waals surface area contributed by atoms with Gasteiger partial charge in [0.2, 0.25) is 5.16 Å². The lowest BCUT2D eigenvalue weighted by Crippen LogP contribution is -2.40. The Morgan fingerprint density at radius 3 is 2.47 bits per heavy atom. The zero-order chi connectivity index (χ0) is 21.8. The molecule has 3 aromatic rings. The third-order valence-electron chi connectivity index (χ3n) is 4.88. The monoisotopic (exact) mass is 452 g/mol.